The maximum absolute atomic E-state index is 4.65. The van der Waals surface area contributed by atoms with Crippen LogP contribution in [-0.4, -0.2) is 38.8 Å². The molecule has 130 valence electrons. The Morgan fingerprint density at radius 3 is 3.04 bits per heavy atom. The van der Waals surface area contributed by atoms with Gasteiger partial charge < -0.3 is 15.2 Å². The molecule has 1 aliphatic heterocycles. The number of aryl methyl sites for hydroxylation is 2. The Morgan fingerprint density at radius 2 is 2.25 bits per heavy atom. The second kappa shape index (κ2) is 8.23. The molecule has 2 aromatic heterocycles. The van der Waals surface area contributed by atoms with Crippen molar-refractivity contribution in [3.63, 3.8) is 0 Å². The lowest BCUT2D eigenvalue weighted by Crippen LogP contribution is -2.38. The van der Waals surface area contributed by atoms with Crippen LogP contribution in [0.1, 0.15) is 41.3 Å². The maximum Gasteiger partial charge on any atom is 0.191 e. The number of nitrogens with one attached hydrogen (secondary N) is 2. The van der Waals surface area contributed by atoms with Crippen molar-refractivity contribution >= 4 is 17.3 Å². The highest BCUT2D eigenvalue weighted by Crippen LogP contribution is 2.14. The Kier molecular flexibility index (Phi) is 5.79. The summed E-state index contributed by atoms with van der Waals surface area (Å²) in [6.07, 6.45) is 6.27. The van der Waals surface area contributed by atoms with Gasteiger partial charge in [0.1, 0.15) is 12.4 Å². The van der Waals surface area contributed by atoms with Gasteiger partial charge in [-0.25, -0.2) is 9.98 Å². The van der Waals surface area contributed by atoms with Crippen molar-refractivity contribution < 1.29 is 0 Å². The van der Waals surface area contributed by atoms with Gasteiger partial charge in [0.25, 0.3) is 0 Å². The van der Waals surface area contributed by atoms with E-state index in [0.717, 1.165) is 55.1 Å². The molecule has 0 aromatic carbocycles. The second-order valence-corrected chi connectivity index (χ2v) is 7.20. The highest BCUT2D eigenvalue weighted by atomic mass is 32.1. The summed E-state index contributed by atoms with van der Waals surface area (Å²) in [4.78, 5) is 10.3. The third-order valence-corrected chi connectivity index (χ3v) is 4.93. The third-order valence-electron chi connectivity index (χ3n) is 3.96. The van der Waals surface area contributed by atoms with E-state index in [0.29, 0.717) is 6.54 Å². The molecule has 8 heteroatoms. The molecule has 1 aliphatic rings. The van der Waals surface area contributed by atoms with Crippen LogP contribution in [0, 0.1) is 6.92 Å². The summed E-state index contributed by atoms with van der Waals surface area (Å²) in [6, 6.07) is 0. The average molecular weight is 347 g/mol. The molecule has 0 amide bonds. The average Bonchev–Trinajstić information content (AvgIpc) is 3.19. The van der Waals surface area contributed by atoms with Crippen molar-refractivity contribution in [2.24, 2.45) is 4.99 Å². The smallest absolute Gasteiger partial charge is 0.191 e. The molecule has 0 unspecified atom stereocenters. The minimum absolute atomic E-state index is 0.554. The number of fused-ring (bicyclic) bond motifs is 1. The number of hydrogen-bond donors (Lipinski definition) is 2. The van der Waals surface area contributed by atoms with E-state index in [1.165, 1.54) is 17.7 Å². The Bertz CT molecular complexity index is 688. The van der Waals surface area contributed by atoms with Gasteiger partial charge in [0.15, 0.2) is 11.8 Å². The van der Waals surface area contributed by atoms with Crippen molar-refractivity contribution in [2.45, 2.75) is 52.6 Å². The molecule has 24 heavy (non-hydrogen) atoms. The molecular weight excluding hydrogens is 322 g/mol. The fraction of sp³-hybridized carbons (Fsp3) is 0.625. The van der Waals surface area contributed by atoms with Gasteiger partial charge in [-0.2, -0.15) is 0 Å². The van der Waals surface area contributed by atoms with Crippen LogP contribution in [0.2, 0.25) is 0 Å². The normalized spacial score (nSPS) is 14.5. The van der Waals surface area contributed by atoms with Crippen molar-refractivity contribution in [2.75, 3.05) is 13.1 Å². The number of aliphatic imine (C=N–C) groups is 1. The maximum atomic E-state index is 4.65. The van der Waals surface area contributed by atoms with Crippen LogP contribution in [0.5, 0.6) is 0 Å². The quantitative estimate of drug-likeness (QED) is 0.614. The number of thiazole rings is 1. The van der Waals surface area contributed by atoms with E-state index >= 15 is 0 Å². The predicted molar refractivity (Wildman–Crippen MR) is 96.3 cm³/mol. The van der Waals surface area contributed by atoms with E-state index in [4.69, 9.17) is 0 Å². The monoisotopic (exact) mass is 347 g/mol. The fourth-order valence-electron chi connectivity index (χ4n) is 2.78. The lowest BCUT2D eigenvalue weighted by atomic mass is 10.2. The molecule has 0 fully saturated rings. The van der Waals surface area contributed by atoms with Gasteiger partial charge in [-0.1, -0.05) is 0 Å². The molecule has 0 saturated heterocycles. The van der Waals surface area contributed by atoms with E-state index in [1.54, 1.807) is 11.3 Å². The molecule has 0 spiro atoms. The fourth-order valence-corrected chi connectivity index (χ4v) is 3.57. The van der Waals surface area contributed by atoms with Crippen molar-refractivity contribution in [3.8, 4) is 0 Å². The first kappa shape index (κ1) is 16.9. The zero-order chi connectivity index (χ0) is 16.8. The summed E-state index contributed by atoms with van der Waals surface area (Å²) in [6.45, 7) is 7.37. The van der Waals surface area contributed by atoms with Crippen molar-refractivity contribution in [1.29, 1.82) is 0 Å². The summed E-state index contributed by atoms with van der Waals surface area (Å²) < 4.78 is 2.22. The number of aromatic nitrogens is 4. The van der Waals surface area contributed by atoms with Crippen LogP contribution >= 0.6 is 11.3 Å². The van der Waals surface area contributed by atoms with Crippen LogP contribution in [0.15, 0.2) is 11.2 Å². The van der Waals surface area contributed by atoms with Gasteiger partial charge in [0.2, 0.25) is 0 Å². The number of hydrogen-bond acceptors (Lipinski definition) is 5. The Balaban J connectivity index is 1.56. The zero-order valence-electron chi connectivity index (χ0n) is 14.4. The van der Waals surface area contributed by atoms with Crippen LogP contribution in [0.25, 0.3) is 0 Å². The highest BCUT2D eigenvalue weighted by Gasteiger charge is 2.15. The van der Waals surface area contributed by atoms with Crippen LogP contribution in [-0.2, 0) is 25.9 Å². The topological polar surface area (TPSA) is 80.0 Å². The van der Waals surface area contributed by atoms with Crippen molar-refractivity contribution in [1.82, 2.24) is 30.4 Å². The Morgan fingerprint density at radius 1 is 1.33 bits per heavy atom. The van der Waals surface area contributed by atoms with Crippen LogP contribution in [0.4, 0.5) is 0 Å². The van der Waals surface area contributed by atoms with E-state index in [1.807, 2.05) is 6.20 Å². The minimum Gasteiger partial charge on any atom is -0.357 e. The van der Waals surface area contributed by atoms with E-state index < -0.39 is 0 Å². The molecule has 0 bridgehead atoms. The van der Waals surface area contributed by atoms with Gasteiger partial charge in [0.05, 0.1) is 5.01 Å². The summed E-state index contributed by atoms with van der Waals surface area (Å²) in [7, 11) is 0. The number of guanidine groups is 1. The summed E-state index contributed by atoms with van der Waals surface area (Å²) in [5, 5.41) is 16.4. The molecule has 7 nitrogen and oxygen atoms in total. The Hall–Kier alpha value is -1.96. The van der Waals surface area contributed by atoms with Crippen LogP contribution in [0.3, 0.4) is 0 Å². The molecule has 2 N–H and O–H groups in total. The molecule has 0 radical (unpaired) electrons. The van der Waals surface area contributed by atoms with Gasteiger partial charge in [-0.05, 0) is 26.7 Å². The number of rotatable bonds is 6. The van der Waals surface area contributed by atoms with Crippen molar-refractivity contribution in [3.05, 3.63) is 27.7 Å². The molecule has 2 aromatic rings. The summed E-state index contributed by atoms with van der Waals surface area (Å²) >= 11 is 1.75. The zero-order valence-corrected chi connectivity index (χ0v) is 15.2. The lowest BCUT2D eigenvalue weighted by Gasteiger charge is -2.14. The van der Waals surface area contributed by atoms with Gasteiger partial charge in [0, 0.05) is 43.5 Å². The summed E-state index contributed by atoms with van der Waals surface area (Å²) in [5.74, 6) is 2.87. The highest BCUT2D eigenvalue weighted by molar-refractivity contribution is 7.11. The number of nitrogens with zero attached hydrogens (tertiary/aromatic N) is 5. The van der Waals surface area contributed by atoms with E-state index in [-0.39, 0.29) is 0 Å². The molecule has 3 heterocycles. The second-order valence-electron chi connectivity index (χ2n) is 5.88. The molecule has 3 rings (SSSR count). The predicted octanol–water partition coefficient (Wildman–Crippen LogP) is 1.68. The summed E-state index contributed by atoms with van der Waals surface area (Å²) in [5.41, 5.74) is 0. The first-order chi connectivity index (χ1) is 11.8. The van der Waals surface area contributed by atoms with Gasteiger partial charge >= 0.3 is 0 Å². The minimum atomic E-state index is 0.554. The first-order valence-electron chi connectivity index (χ1n) is 8.60. The van der Waals surface area contributed by atoms with Gasteiger partial charge in [-0.3, -0.25) is 0 Å². The first-order valence-corrected chi connectivity index (χ1v) is 9.42. The molecule has 0 saturated carbocycles. The van der Waals surface area contributed by atoms with Crippen LogP contribution < -0.4 is 10.6 Å². The standard InChI is InChI=1S/C16H25N7S/c1-3-17-16(18-8-7-15-19-10-12(2)24-15)20-11-14-22-21-13-6-4-5-9-23(13)14/h10H,3-9,11H2,1-2H3,(H2,17,18,20). The molecule has 0 atom stereocenters. The largest absolute Gasteiger partial charge is 0.357 e. The lowest BCUT2D eigenvalue weighted by molar-refractivity contribution is 0.508. The Labute approximate surface area is 146 Å². The third kappa shape index (κ3) is 4.31. The molecule has 0 aliphatic carbocycles. The van der Waals surface area contributed by atoms with Gasteiger partial charge in [-0.15, -0.1) is 21.5 Å². The van der Waals surface area contributed by atoms with E-state index in [9.17, 15) is 0 Å². The van der Waals surface area contributed by atoms with E-state index in [2.05, 4.69) is 49.2 Å². The SMILES string of the molecule is CCNC(=NCc1nnc2n1CCCC2)NCCc1ncc(C)s1. The molecular formula is C16H25N7S.